The van der Waals surface area contributed by atoms with Crippen LogP contribution in [0.15, 0.2) is 48.5 Å². The smallest absolute Gasteiger partial charge is 0.337 e. The summed E-state index contributed by atoms with van der Waals surface area (Å²) in [5.41, 5.74) is 8.84. The van der Waals surface area contributed by atoms with Gasteiger partial charge in [0.05, 0.1) is 18.1 Å². The minimum absolute atomic E-state index is 0.362. The second kappa shape index (κ2) is 10.9. The molecule has 4 N–H and O–H groups in total. The summed E-state index contributed by atoms with van der Waals surface area (Å²) in [6.45, 7) is 1.60. The van der Waals surface area contributed by atoms with Gasteiger partial charge in [-0.25, -0.2) is 14.8 Å². The van der Waals surface area contributed by atoms with Gasteiger partial charge in [0, 0.05) is 23.9 Å². The van der Waals surface area contributed by atoms with Crippen LogP contribution in [0.4, 0.5) is 5.82 Å². The summed E-state index contributed by atoms with van der Waals surface area (Å²) in [6, 6.07) is 15.7. The van der Waals surface area contributed by atoms with E-state index in [-0.39, 0.29) is 5.97 Å². The molecule has 0 radical (unpaired) electrons. The van der Waals surface area contributed by atoms with Crippen LogP contribution < -0.4 is 11.1 Å². The zero-order valence-corrected chi connectivity index (χ0v) is 19.1. The minimum Gasteiger partial charge on any atom is -0.465 e. The summed E-state index contributed by atoms with van der Waals surface area (Å²) in [6.07, 6.45) is 6.34. The minimum atomic E-state index is -0.362. The molecule has 0 amide bonds. The molecule has 4 aromatic rings. The molecule has 33 heavy (non-hydrogen) atoms. The van der Waals surface area contributed by atoms with Crippen LogP contribution in [0.25, 0.3) is 21.9 Å². The summed E-state index contributed by atoms with van der Waals surface area (Å²) in [7, 11) is 1.39. The van der Waals surface area contributed by atoms with Crippen molar-refractivity contribution in [1.29, 1.82) is 0 Å². The molecule has 0 fully saturated rings. The predicted octanol–water partition coefficient (Wildman–Crippen LogP) is 4.81. The Kier molecular flexibility index (Phi) is 7.52. The maximum Gasteiger partial charge on any atom is 0.337 e. The van der Waals surface area contributed by atoms with Crippen molar-refractivity contribution in [1.82, 2.24) is 15.0 Å². The van der Waals surface area contributed by atoms with E-state index >= 15 is 0 Å². The van der Waals surface area contributed by atoms with Crippen LogP contribution >= 0.6 is 0 Å². The lowest BCUT2D eigenvalue weighted by Crippen LogP contribution is -2.07. The van der Waals surface area contributed by atoms with Gasteiger partial charge in [-0.05, 0) is 37.1 Å². The Balaban J connectivity index is 1.64. The molecule has 0 saturated heterocycles. The molecule has 0 aliphatic heterocycles. The van der Waals surface area contributed by atoms with Crippen LogP contribution in [0.1, 0.15) is 53.8 Å². The Hall–Kier alpha value is -3.45. The van der Waals surface area contributed by atoms with E-state index in [2.05, 4.69) is 22.4 Å². The van der Waals surface area contributed by atoms with Crippen LogP contribution in [0.5, 0.6) is 0 Å². The number of methoxy groups -OCH3 is 1. The number of carbonyl (C=O) groups is 1. The maximum absolute atomic E-state index is 12.0. The number of nitrogens with two attached hydrogens (primary N) is 1. The fraction of sp³-hybridized carbons (Fsp3) is 0.346. The molecule has 0 saturated carbocycles. The predicted molar refractivity (Wildman–Crippen MR) is 133 cm³/mol. The van der Waals surface area contributed by atoms with Crippen molar-refractivity contribution in [2.75, 3.05) is 25.5 Å². The number of fused-ring (bicyclic) bond motifs is 3. The number of unbranched alkanes of at least 4 members (excludes halogenated alkanes) is 4. The summed E-state index contributed by atoms with van der Waals surface area (Å²) in [5.74, 6) is 1.21. The van der Waals surface area contributed by atoms with E-state index in [1.807, 2.05) is 24.3 Å². The van der Waals surface area contributed by atoms with Crippen molar-refractivity contribution >= 4 is 33.7 Å². The first kappa shape index (κ1) is 22.7. The highest BCUT2D eigenvalue weighted by Crippen LogP contribution is 2.31. The average Bonchev–Trinajstić information content (AvgIpc) is 3.21. The van der Waals surface area contributed by atoms with Gasteiger partial charge >= 0.3 is 5.97 Å². The molecule has 2 heterocycles. The Morgan fingerprint density at radius 1 is 1.03 bits per heavy atom. The number of aromatic nitrogens is 3. The SMILES string of the molecule is COC(=O)c1ccc2c(c1)[nH]c1nc(Cc3ccccc3)nc(NCCCCCCCN)c12. The highest BCUT2D eigenvalue weighted by molar-refractivity contribution is 6.12. The number of H-pyrrole nitrogens is 1. The third-order valence-electron chi connectivity index (χ3n) is 5.80. The Morgan fingerprint density at radius 3 is 2.61 bits per heavy atom. The molecule has 0 atom stereocenters. The fourth-order valence-corrected chi connectivity index (χ4v) is 4.08. The van der Waals surface area contributed by atoms with Crippen molar-refractivity contribution in [3.05, 3.63) is 65.5 Å². The molecular weight excluding hydrogens is 414 g/mol. The van der Waals surface area contributed by atoms with Crippen LogP contribution in [0.3, 0.4) is 0 Å². The van der Waals surface area contributed by atoms with Gasteiger partial charge in [0.15, 0.2) is 0 Å². The number of nitrogens with one attached hydrogen (secondary N) is 2. The largest absolute Gasteiger partial charge is 0.465 e. The van der Waals surface area contributed by atoms with E-state index in [9.17, 15) is 4.79 Å². The number of anilines is 1. The quantitative estimate of drug-likeness (QED) is 0.226. The molecule has 0 unspecified atom stereocenters. The molecule has 0 aliphatic rings. The molecule has 7 heteroatoms. The van der Waals surface area contributed by atoms with Gasteiger partial charge < -0.3 is 20.8 Å². The van der Waals surface area contributed by atoms with Gasteiger partial charge in [-0.2, -0.15) is 0 Å². The summed E-state index contributed by atoms with van der Waals surface area (Å²) < 4.78 is 4.87. The lowest BCUT2D eigenvalue weighted by molar-refractivity contribution is 0.0601. The first-order valence-corrected chi connectivity index (χ1v) is 11.6. The van der Waals surface area contributed by atoms with Crippen molar-refractivity contribution in [3.8, 4) is 0 Å². The highest BCUT2D eigenvalue weighted by Gasteiger charge is 2.16. The van der Waals surface area contributed by atoms with Gasteiger partial charge in [0.25, 0.3) is 0 Å². The van der Waals surface area contributed by atoms with Gasteiger partial charge in [0.1, 0.15) is 17.3 Å². The normalized spacial score (nSPS) is 11.2. The number of hydrogen-bond donors (Lipinski definition) is 3. The molecule has 0 bridgehead atoms. The zero-order valence-electron chi connectivity index (χ0n) is 19.1. The number of nitrogens with zero attached hydrogens (tertiary/aromatic N) is 2. The number of esters is 1. The second-order valence-electron chi connectivity index (χ2n) is 8.23. The van der Waals surface area contributed by atoms with Gasteiger partial charge in [0.2, 0.25) is 0 Å². The Morgan fingerprint density at radius 2 is 1.82 bits per heavy atom. The van der Waals surface area contributed by atoms with Crippen LogP contribution in [0.2, 0.25) is 0 Å². The number of rotatable bonds is 11. The Bertz CT molecular complexity index is 1220. The van der Waals surface area contributed by atoms with E-state index in [4.69, 9.17) is 20.4 Å². The molecule has 7 nitrogen and oxygen atoms in total. The lowest BCUT2D eigenvalue weighted by atomic mass is 10.1. The zero-order chi connectivity index (χ0) is 23.0. The lowest BCUT2D eigenvalue weighted by Gasteiger charge is -2.10. The summed E-state index contributed by atoms with van der Waals surface area (Å²) in [4.78, 5) is 25.1. The number of aromatic amines is 1. The van der Waals surface area contributed by atoms with Crippen molar-refractivity contribution < 1.29 is 9.53 Å². The number of benzene rings is 2. The molecule has 0 spiro atoms. The topological polar surface area (TPSA) is 106 Å². The second-order valence-corrected chi connectivity index (χ2v) is 8.23. The standard InChI is InChI=1S/C26H31N5O2/c1-33-26(32)19-12-13-20-21(17-19)29-25-23(20)24(28-15-9-4-2-3-8-14-27)30-22(31-25)16-18-10-6-5-7-11-18/h5-7,10-13,17H,2-4,8-9,14-16,27H2,1H3,(H2,28,29,30,31). The Labute approximate surface area is 193 Å². The van der Waals surface area contributed by atoms with Crippen molar-refractivity contribution in [2.45, 2.75) is 38.5 Å². The first-order chi connectivity index (χ1) is 16.2. The molecule has 2 aromatic heterocycles. The highest BCUT2D eigenvalue weighted by atomic mass is 16.5. The van der Waals surface area contributed by atoms with Crippen LogP contribution in [-0.2, 0) is 11.2 Å². The van der Waals surface area contributed by atoms with Crippen molar-refractivity contribution in [3.63, 3.8) is 0 Å². The average molecular weight is 446 g/mol. The van der Waals surface area contributed by atoms with Gasteiger partial charge in [-0.1, -0.05) is 55.7 Å². The first-order valence-electron chi connectivity index (χ1n) is 11.6. The third-order valence-corrected chi connectivity index (χ3v) is 5.80. The molecule has 4 rings (SSSR count). The summed E-state index contributed by atoms with van der Waals surface area (Å²) in [5, 5.41) is 5.47. The monoisotopic (exact) mass is 445 g/mol. The fourth-order valence-electron chi connectivity index (χ4n) is 4.08. The van der Waals surface area contributed by atoms with Gasteiger partial charge in [-0.15, -0.1) is 0 Å². The molecule has 2 aromatic carbocycles. The van der Waals surface area contributed by atoms with Crippen LogP contribution in [0, 0.1) is 0 Å². The number of hydrogen-bond acceptors (Lipinski definition) is 6. The van der Waals surface area contributed by atoms with Crippen molar-refractivity contribution in [2.24, 2.45) is 5.73 Å². The third kappa shape index (κ3) is 5.49. The van der Waals surface area contributed by atoms with E-state index < -0.39 is 0 Å². The van der Waals surface area contributed by atoms with Crippen LogP contribution in [-0.4, -0.2) is 41.1 Å². The van der Waals surface area contributed by atoms with E-state index in [0.29, 0.717) is 12.0 Å². The van der Waals surface area contributed by atoms with E-state index in [1.165, 1.54) is 20.0 Å². The van der Waals surface area contributed by atoms with E-state index in [1.54, 1.807) is 12.1 Å². The maximum atomic E-state index is 12.0. The number of ether oxygens (including phenoxy) is 1. The molecular formula is C26H31N5O2. The van der Waals surface area contributed by atoms with E-state index in [0.717, 1.165) is 71.5 Å². The molecule has 0 aliphatic carbocycles. The van der Waals surface area contributed by atoms with Gasteiger partial charge in [-0.3, -0.25) is 0 Å². The number of carbonyl (C=O) groups excluding carboxylic acids is 1. The molecule has 172 valence electrons. The summed E-state index contributed by atoms with van der Waals surface area (Å²) >= 11 is 0.